The van der Waals surface area contributed by atoms with Gasteiger partial charge in [0.1, 0.15) is 17.6 Å². The molecule has 0 spiro atoms. The van der Waals surface area contributed by atoms with E-state index >= 15 is 0 Å². The maximum absolute atomic E-state index is 13.0. The monoisotopic (exact) mass is 419 g/mol. The van der Waals surface area contributed by atoms with Crippen molar-refractivity contribution in [2.75, 3.05) is 20.3 Å². The lowest BCUT2D eigenvalue weighted by atomic mass is 10.1. The zero-order valence-electron chi connectivity index (χ0n) is 16.3. The first-order chi connectivity index (χ1) is 14.3. The number of benzene rings is 1. The van der Waals surface area contributed by atoms with E-state index < -0.39 is 35.0 Å². The predicted molar refractivity (Wildman–Crippen MR) is 103 cm³/mol. The average molecular weight is 419 g/mol. The topological polar surface area (TPSA) is 121 Å². The standard InChI is InChI=1S/C20H22FN3O6/c1-30-8-2-7-24-15(25)11-23-10-14(17(26)18(27)16(23)20(24)29)19(28)22-9-12-3-5-13(21)6-4-12/h3-6,10,15,25,27H,2,7-9,11H2,1H3,(H,22,28). The highest BCUT2D eigenvalue weighted by atomic mass is 19.1. The van der Waals surface area contributed by atoms with Crippen molar-refractivity contribution in [2.45, 2.75) is 25.7 Å². The summed E-state index contributed by atoms with van der Waals surface area (Å²) < 4.78 is 19.1. The van der Waals surface area contributed by atoms with Crippen molar-refractivity contribution in [2.24, 2.45) is 0 Å². The molecule has 3 N–H and O–H groups in total. The molecule has 1 aliphatic heterocycles. The van der Waals surface area contributed by atoms with E-state index in [0.717, 1.165) is 11.1 Å². The zero-order chi connectivity index (χ0) is 21.8. The van der Waals surface area contributed by atoms with Crippen LogP contribution in [0, 0.1) is 5.82 Å². The molecule has 0 fully saturated rings. The number of aliphatic hydroxyl groups is 1. The highest BCUT2D eigenvalue weighted by Gasteiger charge is 2.35. The molecule has 0 saturated carbocycles. The number of carbonyl (C=O) groups is 2. The van der Waals surface area contributed by atoms with Crippen LogP contribution < -0.4 is 10.7 Å². The largest absolute Gasteiger partial charge is 0.503 e. The molecule has 3 rings (SSSR count). The number of aromatic nitrogens is 1. The minimum absolute atomic E-state index is 0.0376. The predicted octanol–water partition coefficient (Wildman–Crippen LogP) is 0.434. The van der Waals surface area contributed by atoms with Crippen molar-refractivity contribution in [3.63, 3.8) is 0 Å². The molecule has 1 unspecified atom stereocenters. The molecule has 30 heavy (non-hydrogen) atoms. The molecule has 10 heteroatoms. The Balaban J connectivity index is 1.82. The number of aliphatic hydroxyl groups excluding tert-OH is 1. The van der Waals surface area contributed by atoms with Crippen molar-refractivity contribution < 1.29 is 28.9 Å². The molecule has 1 aromatic heterocycles. The maximum atomic E-state index is 13.0. The molecule has 2 aromatic rings. The number of hydrogen-bond acceptors (Lipinski definition) is 6. The smallest absolute Gasteiger partial charge is 0.276 e. The quantitative estimate of drug-likeness (QED) is 0.560. The van der Waals surface area contributed by atoms with E-state index in [-0.39, 0.29) is 30.9 Å². The van der Waals surface area contributed by atoms with Crippen LogP contribution in [0.4, 0.5) is 4.39 Å². The van der Waals surface area contributed by atoms with Gasteiger partial charge in [0.05, 0.1) is 6.54 Å². The molecule has 160 valence electrons. The Labute approximate surface area is 171 Å². The van der Waals surface area contributed by atoms with Crippen LogP contribution in [0.5, 0.6) is 5.75 Å². The molecule has 1 aliphatic rings. The Hall–Kier alpha value is -3.24. The fourth-order valence-corrected chi connectivity index (χ4v) is 3.24. The van der Waals surface area contributed by atoms with Crippen LogP contribution in [0.1, 0.15) is 32.8 Å². The number of pyridine rings is 1. The van der Waals surface area contributed by atoms with Crippen molar-refractivity contribution in [1.29, 1.82) is 0 Å². The number of carbonyl (C=O) groups excluding carboxylic acids is 2. The number of rotatable bonds is 7. The first-order valence-electron chi connectivity index (χ1n) is 9.30. The first-order valence-corrected chi connectivity index (χ1v) is 9.30. The summed E-state index contributed by atoms with van der Waals surface area (Å²) in [5.74, 6) is -2.74. The van der Waals surface area contributed by atoms with Gasteiger partial charge in [0, 0.05) is 33.0 Å². The molecule has 1 aromatic carbocycles. The van der Waals surface area contributed by atoms with Crippen LogP contribution in [0.15, 0.2) is 35.3 Å². The number of hydrogen-bond donors (Lipinski definition) is 3. The van der Waals surface area contributed by atoms with E-state index in [1.165, 1.54) is 35.9 Å². The van der Waals surface area contributed by atoms with Crippen molar-refractivity contribution >= 4 is 11.8 Å². The lowest BCUT2D eigenvalue weighted by Gasteiger charge is -2.34. The number of methoxy groups -OCH3 is 1. The third kappa shape index (κ3) is 4.34. The van der Waals surface area contributed by atoms with Crippen LogP contribution in [0.25, 0.3) is 0 Å². The second-order valence-corrected chi connectivity index (χ2v) is 6.86. The van der Waals surface area contributed by atoms with Gasteiger partial charge in [-0.25, -0.2) is 4.39 Å². The van der Waals surface area contributed by atoms with E-state index in [0.29, 0.717) is 18.6 Å². The van der Waals surface area contributed by atoms with Crippen LogP contribution >= 0.6 is 0 Å². The van der Waals surface area contributed by atoms with E-state index in [9.17, 15) is 29.0 Å². The Morgan fingerprint density at radius 3 is 2.67 bits per heavy atom. The van der Waals surface area contributed by atoms with E-state index in [1.54, 1.807) is 0 Å². The number of amides is 2. The summed E-state index contributed by atoms with van der Waals surface area (Å²) in [5, 5.41) is 23.1. The number of fused-ring (bicyclic) bond motifs is 1. The van der Waals surface area contributed by atoms with Crippen LogP contribution in [-0.4, -0.2) is 58.0 Å². The normalized spacial score (nSPS) is 15.8. The Kier molecular flexibility index (Phi) is 6.48. The van der Waals surface area contributed by atoms with Crippen LogP contribution in [0.2, 0.25) is 0 Å². The van der Waals surface area contributed by atoms with Gasteiger partial charge in [0.15, 0.2) is 11.4 Å². The summed E-state index contributed by atoms with van der Waals surface area (Å²) in [4.78, 5) is 38.8. The first kappa shape index (κ1) is 21.5. The minimum atomic E-state index is -1.18. The second kappa shape index (κ2) is 9.06. The maximum Gasteiger partial charge on any atom is 0.276 e. The lowest BCUT2D eigenvalue weighted by Crippen LogP contribution is -2.49. The lowest BCUT2D eigenvalue weighted by molar-refractivity contribution is -0.0148. The molecule has 2 heterocycles. The zero-order valence-corrected chi connectivity index (χ0v) is 16.3. The summed E-state index contributed by atoms with van der Waals surface area (Å²) >= 11 is 0. The SMILES string of the molecule is COCCCN1C(=O)c2c(O)c(=O)c(C(=O)NCc3ccc(F)cc3)cn2CC1O. The molecular formula is C20H22FN3O6. The summed E-state index contributed by atoms with van der Waals surface area (Å²) in [6.45, 7) is 0.486. The van der Waals surface area contributed by atoms with Gasteiger partial charge < -0.3 is 29.7 Å². The van der Waals surface area contributed by atoms with Crippen molar-refractivity contribution in [3.05, 3.63) is 63.3 Å². The third-order valence-electron chi connectivity index (χ3n) is 4.80. The summed E-state index contributed by atoms with van der Waals surface area (Å²) in [5.41, 5.74) is -1.02. The number of halogens is 1. The Morgan fingerprint density at radius 2 is 2.00 bits per heavy atom. The minimum Gasteiger partial charge on any atom is -0.503 e. The number of nitrogens with zero attached hydrogens (tertiary/aromatic N) is 2. The molecule has 0 saturated heterocycles. The number of ether oxygens (including phenoxy) is 1. The molecule has 0 bridgehead atoms. The van der Waals surface area contributed by atoms with E-state index in [4.69, 9.17) is 4.74 Å². The fraction of sp³-hybridized carbons (Fsp3) is 0.350. The number of nitrogens with one attached hydrogen (secondary N) is 1. The van der Waals surface area contributed by atoms with Gasteiger partial charge >= 0.3 is 0 Å². The molecule has 1 atom stereocenters. The van der Waals surface area contributed by atoms with Gasteiger partial charge in [-0.15, -0.1) is 0 Å². The van der Waals surface area contributed by atoms with Gasteiger partial charge in [0.2, 0.25) is 5.43 Å². The molecule has 0 aliphatic carbocycles. The van der Waals surface area contributed by atoms with Crippen LogP contribution in [-0.2, 0) is 17.8 Å². The molecule has 2 amide bonds. The highest BCUT2D eigenvalue weighted by Crippen LogP contribution is 2.23. The van der Waals surface area contributed by atoms with E-state index in [2.05, 4.69) is 5.32 Å². The Morgan fingerprint density at radius 1 is 1.30 bits per heavy atom. The van der Waals surface area contributed by atoms with Gasteiger partial charge in [-0.05, 0) is 24.1 Å². The van der Waals surface area contributed by atoms with Crippen LogP contribution in [0.3, 0.4) is 0 Å². The van der Waals surface area contributed by atoms with Crippen molar-refractivity contribution in [3.8, 4) is 5.75 Å². The Bertz CT molecular complexity index is 1000. The number of aromatic hydroxyl groups is 1. The van der Waals surface area contributed by atoms with Gasteiger partial charge in [-0.1, -0.05) is 12.1 Å². The average Bonchev–Trinajstić information content (AvgIpc) is 2.72. The summed E-state index contributed by atoms with van der Waals surface area (Å²) in [6, 6.07) is 5.46. The highest BCUT2D eigenvalue weighted by molar-refractivity contribution is 5.99. The third-order valence-corrected chi connectivity index (χ3v) is 4.80. The van der Waals surface area contributed by atoms with Crippen molar-refractivity contribution in [1.82, 2.24) is 14.8 Å². The molecule has 0 radical (unpaired) electrons. The van der Waals surface area contributed by atoms with Gasteiger partial charge in [-0.2, -0.15) is 0 Å². The fourth-order valence-electron chi connectivity index (χ4n) is 3.24. The van der Waals surface area contributed by atoms with Gasteiger partial charge in [-0.3, -0.25) is 14.4 Å². The second-order valence-electron chi connectivity index (χ2n) is 6.86. The summed E-state index contributed by atoms with van der Waals surface area (Å²) in [6.07, 6.45) is 0.429. The van der Waals surface area contributed by atoms with Gasteiger partial charge in [0.25, 0.3) is 11.8 Å². The van der Waals surface area contributed by atoms with E-state index in [1.807, 2.05) is 0 Å². The summed E-state index contributed by atoms with van der Waals surface area (Å²) in [7, 11) is 1.51. The molecule has 9 nitrogen and oxygen atoms in total. The molecular weight excluding hydrogens is 397 g/mol.